The van der Waals surface area contributed by atoms with Crippen LogP contribution in [0.2, 0.25) is 0 Å². The van der Waals surface area contributed by atoms with Crippen LogP contribution in [0.15, 0.2) is 23.1 Å². The first-order chi connectivity index (χ1) is 9.72. The minimum Gasteiger partial charge on any atom is -0.212 e. The zero-order valence-corrected chi connectivity index (χ0v) is 13.8. The summed E-state index contributed by atoms with van der Waals surface area (Å²) in [5, 5.41) is 0. The van der Waals surface area contributed by atoms with Crippen molar-refractivity contribution in [1.82, 2.24) is 9.03 Å². The lowest BCUT2D eigenvalue weighted by Gasteiger charge is -2.15. The standard InChI is InChI=1S/C13H20N2O4S2/c1-11-4-5-12(2)13(10-11)21(18,19)14-6-8-15-7-3-9-20(15,16)17/h4-5,10,14H,3,6-9H2,1-2H3. The maximum absolute atomic E-state index is 12.3. The van der Waals surface area contributed by atoms with Crippen molar-refractivity contribution < 1.29 is 16.8 Å². The molecule has 1 saturated heterocycles. The first-order valence-electron chi connectivity index (χ1n) is 6.77. The molecule has 2 rings (SSSR count). The lowest BCUT2D eigenvalue weighted by atomic mass is 10.2. The van der Waals surface area contributed by atoms with E-state index in [4.69, 9.17) is 0 Å². The minimum absolute atomic E-state index is 0.0783. The molecule has 0 aliphatic carbocycles. The Morgan fingerprint density at radius 3 is 2.62 bits per heavy atom. The molecule has 1 heterocycles. The van der Waals surface area contributed by atoms with Crippen LogP contribution in [0.1, 0.15) is 17.5 Å². The van der Waals surface area contributed by atoms with E-state index >= 15 is 0 Å². The van der Waals surface area contributed by atoms with Gasteiger partial charge in [0.05, 0.1) is 10.6 Å². The second-order valence-corrected chi connectivity index (χ2v) is 9.06. The van der Waals surface area contributed by atoms with Gasteiger partial charge in [-0.1, -0.05) is 12.1 Å². The molecule has 0 spiro atoms. The molecule has 1 fully saturated rings. The van der Waals surface area contributed by atoms with E-state index in [1.165, 1.54) is 4.31 Å². The van der Waals surface area contributed by atoms with Crippen LogP contribution in [0.5, 0.6) is 0 Å². The van der Waals surface area contributed by atoms with Crippen LogP contribution >= 0.6 is 0 Å². The van der Waals surface area contributed by atoms with Gasteiger partial charge in [0.25, 0.3) is 0 Å². The molecule has 1 aromatic rings. The molecule has 1 aromatic carbocycles. The van der Waals surface area contributed by atoms with Crippen LogP contribution in [0, 0.1) is 13.8 Å². The van der Waals surface area contributed by atoms with Crippen molar-refractivity contribution in [3.63, 3.8) is 0 Å². The van der Waals surface area contributed by atoms with E-state index in [-0.39, 0.29) is 23.7 Å². The molecule has 118 valence electrons. The lowest BCUT2D eigenvalue weighted by molar-refractivity contribution is 0.444. The number of nitrogens with one attached hydrogen (secondary N) is 1. The van der Waals surface area contributed by atoms with Crippen molar-refractivity contribution in [2.45, 2.75) is 25.2 Å². The molecular weight excluding hydrogens is 312 g/mol. The number of aryl methyl sites for hydroxylation is 2. The van der Waals surface area contributed by atoms with E-state index in [9.17, 15) is 16.8 Å². The molecule has 1 aliphatic rings. The number of benzene rings is 1. The topological polar surface area (TPSA) is 83.6 Å². The molecule has 0 radical (unpaired) electrons. The fraction of sp³-hybridized carbons (Fsp3) is 0.538. The maximum Gasteiger partial charge on any atom is 0.240 e. The van der Waals surface area contributed by atoms with Gasteiger partial charge in [0.2, 0.25) is 20.0 Å². The highest BCUT2D eigenvalue weighted by Gasteiger charge is 2.28. The molecule has 0 aromatic heterocycles. The highest BCUT2D eigenvalue weighted by Crippen LogP contribution is 2.17. The Morgan fingerprint density at radius 1 is 1.29 bits per heavy atom. The third-order valence-corrected chi connectivity index (χ3v) is 7.05. The second kappa shape index (κ2) is 6.04. The summed E-state index contributed by atoms with van der Waals surface area (Å²) in [5.41, 5.74) is 1.53. The van der Waals surface area contributed by atoms with Gasteiger partial charge in [-0.05, 0) is 37.5 Å². The van der Waals surface area contributed by atoms with Crippen LogP contribution < -0.4 is 4.72 Å². The van der Waals surface area contributed by atoms with Gasteiger partial charge in [0, 0.05) is 19.6 Å². The van der Waals surface area contributed by atoms with E-state index in [0.29, 0.717) is 18.5 Å². The molecule has 21 heavy (non-hydrogen) atoms. The summed E-state index contributed by atoms with van der Waals surface area (Å²) in [4.78, 5) is 0.242. The van der Waals surface area contributed by atoms with Gasteiger partial charge in [0.15, 0.2) is 0 Å². The highest BCUT2D eigenvalue weighted by molar-refractivity contribution is 7.89. The summed E-state index contributed by atoms with van der Waals surface area (Å²) in [7, 11) is -6.80. The highest BCUT2D eigenvalue weighted by atomic mass is 32.2. The maximum atomic E-state index is 12.3. The first-order valence-corrected chi connectivity index (χ1v) is 9.86. The smallest absolute Gasteiger partial charge is 0.212 e. The average Bonchev–Trinajstić information content (AvgIpc) is 2.71. The van der Waals surface area contributed by atoms with E-state index < -0.39 is 20.0 Å². The lowest BCUT2D eigenvalue weighted by Crippen LogP contribution is -2.36. The Hall–Kier alpha value is -0.960. The number of hydrogen-bond acceptors (Lipinski definition) is 4. The number of sulfonamides is 2. The second-order valence-electron chi connectivity index (χ2n) is 5.24. The summed E-state index contributed by atoms with van der Waals surface area (Å²) in [5.74, 6) is 0.150. The van der Waals surface area contributed by atoms with Crippen molar-refractivity contribution in [2.24, 2.45) is 0 Å². The Kier molecular flexibility index (Phi) is 4.72. The zero-order chi connectivity index (χ0) is 15.7. The fourth-order valence-electron chi connectivity index (χ4n) is 2.32. The van der Waals surface area contributed by atoms with Crippen LogP contribution in [-0.2, 0) is 20.0 Å². The Bertz CT molecular complexity index is 727. The quantitative estimate of drug-likeness (QED) is 0.857. The van der Waals surface area contributed by atoms with Gasteiger partial charge in [-0.2, -0.15) is 0 Å². The predicted molar refractivity (Wildman–Crippen MR) is 81.1 cm³/mol. The predicted octanol–water partition coefficient (Wildman–Crippen LogP) is 0.617. The Morgan fingerprint density at radius 2 is 2.00 bits per heavy atom. The molecule has 0 unspecified atom stereocenters. The van der Waals surface area contributed by atoms with Gasteiger partial charge in [-0.15, -0.1) is 0 Å². The molecule has 0 saturated carbocycles. The van der Waals surface area contributed by atoms with E-state index in [2.05, 4.69) is 4.72 Å². The molecule has 1 aliphatic heterocycles. The normalized spacial score (nSPS) is 19.0. The van der Waals surface area contributed by atoms with Gasteiger partial charge in [0.1, 0.15) is 0 Å². The summed E-state index contributed by atoms with van der Waals surface area (Å²) in [6, 6.07) is 5.23. The monoisotopic (exact) mass is 332 g/mol. The average molecular weight is 332 g/mol. The number of nitrogens with zero attached hydrogens (tertiary/aromatic N) is 1. The van der Waals surface area contributed by atoms with E-state index in [1.54, 1.807) is 19.1 Å². The van der Waals surface area contributed by atoms with E-state index in [1.807, 2.05) is 13.0 Å². The van der Waals surface area contributed by atoms with Crippen LogP contribution in [0.25, 0.3) is 0 Å². The molecular formula is C13H20N2O4S2. The number of rotatable bonds is 5. The van der Waals surface area contributed by atoms with Crippen molar-refractivity contribution in [2.75, 3.05) is 25.4 Å². The Labute approximate surface area is 126 Å². The van der Waals surface area contributed by atoms with Gasteiger partial charge in [-0.25, -0.2) is 25.9 Å². The first kappa shape index (κ1) is 16.4. The third-order valence-electron chi connectivity index (χ3n) is 3.49. The molecule has 8 heteroatoms. The van der Waals surface area contributed by atoms with Crippen LogP contribution in [0.3, 0.4) is 0 Å². The summed E-state index contributed by atoms with van der Waals surface area (Å²) < 4.78 is 51.6. The minimum atomic E-state index is -3.61. The summed E-state index contributed by atoms with van der Waals surface area (Å²) in [6.45, 7) is 4.28. The SMILES string of the molecule is Cc1ccc(C)c(S(=O)(=O)NCCN2CCCS2(=O)=O)c1. The van der Waals surface area contributed by atoms with Gasteiger partial charge in [-0.3, -0.25) is 0 Å². The van der Waals surface area contributed by atoms with Crippen molar-refractivity contribution in [1.29, 1.82) is 0 Å². The molecule has 0 atom stereocenters. The van der Waals surface area contributed by atoms with Crippen LogP contribution in [-0.4, -0.2) is 46.5 Å². The fourth-order valence-corrected chi connectivity index (χ4v) is 5.20. The van der Waals surface area contributed by atoms with E-state index in [0.717, 1.165) is 5.56 Å². The summed E-state index contributed by atoms with van der Waals surface area (Å²) >= 11 is 0. The largest absolute Gasteiger partial charge is 0.240 e. The van der Waals surface area contributed by atoms with Gasteiger partial charge >= 0.3 is 0 Å². The van der Waals surface area contributed by atoms with Crippen molar-refractivity contribution in [3.05, 3.63) is 29.3 Å². The Balaban J connectivity index is 2.04. The number of hydrogen-bond donors (Lipinski definition) is 1. The molecule has 1 N–H and O–H groups in total. The molecule has 0 amide bonds. The molecule has 0 bridgehead atoms. The van der Waals surface area contributed by atoms with Gasteiger partial charge < -0.3 is 0 Å². The summed E-state index contributed by atoms with van der Waals surface area (Å²) in [6.07, 6.45) is 0.603. The zero-order valence-electron chi connectivity index (χ0n) is 12.2. The molecule has 6 nitrogen and oxygen atoms in total. The van der Waals surface area contributed by atoms with Crippen molar-refractivity contribution in [3.8, 4) is 0 Å². The third kappa shape index (κ3) is 3.82. The van der Waals surface area contributed by atoms with Crippen molar-refractivity contribution >= 4 is 20.0 Å². The van der Waals surface area contributed by atoms with Crippen LogP contribution in [0.4, 0.5) is 0 Å².